The van der Waals surface area contributed by atoms with Crippen molar-refractivity contribution in [3.05, 3.63) is 34.9 Å². The minimum absolute atomic E-state index is 0.730. The summed E-state index contributed by atoms with van der Waals surface area (Å²) < 4.78 is 0. The van der Waals surface area contributed by atoms with Crippen molar-refractivity contribution in [2.75, 3.05) is 6.26 Å². The molecular weight excluding hydrogens is 238 g/mol. The SMILES string of the molecule is CSC1CCC(NCc2cc(C)ccc2C)CC1. The Morgan fingerprint density at radius 3 is 2.56 bits per heavy atom. The number of aryl methyl sites for hydroxylation is 2. The van der Waals surface area contributed by atoms with Crippen LogP contribution < -0.4 is 5.32 Å². The van der Waals surface area contributed by atoms with Gasteiger partial charge in [0, 0.05) is 17.8 Å². The largest absolute Gasteiger partial charge is 0.310 e. The molecule has 18 heavy (non-hydrogen) atoms. The van der Waals surface area contributed by atoms with E-state index >= 15 is 0 Å². The maximum absolute atomic E-state index is 3.74. The van der Waals surface area contributed by atoms with E-state index < -0.39 is 0 Å². The molecular formula is C16H25NS. The molecule has 0 aliphatic heterocycles. The molecule has 0 heterocycles. The standard InChI is InChI=1S/C16H25NS/c1-12-4-5-13(2)14(10-12)11-17-15-6-8-16(18-3)9-7-15/h4-5,10,15-17H,6-9,11H2,1-3H3. The molecule has 0 aromatic heterocycles. The first-order valence-electron chi connectivity index (χ1n) is 7.01. The molecule has 1 N–H and O–H groups in total. The van der Waals surface area contributed by atoms with Crippen LogP contribution in [0.1, 0.15) is 42.4 Å². The van der Waals surface area contributed by atoms with Crippen LogP contribution in [-0.4, -0.2) is 17.5 Å². The fourth-order valence-electron chi connectivity index (χ4n) is 2.75. The van der Waals surface area contributed by atoms with E-state index in [-0.39, 0.29) is 0 Å². The van der Waals surface area contributed by atoms with Crippen molar-refractivity contribution < 1.29 is 0 Å². The Hall–Kier alpha value is -0.470. The van der Waals surface area contributed by atoms with Crippen LogP contribution in [0.2, 0.25) is 0 Å². The summed E-state index contributed by atoms with van der Waals surface area (Å²) in [5, 5.41) is 4.65. The molecule has 1 aliphatic carbocycles. The molecule has 1 aromatic carbocycles. The molecule has 0 saturated heterocycles. The zero-order valence-corrected chi connectivity index (χ0v) is 12.6. The summed E-state index contributed by atoms with van der Waals surface area (Å²) in [6.45, 7) is 5.41. The molecule has 2 heteroatoms. The Balaban J connectivity index is 1.83. The van der Waals surface area contributed by atoms with Gasteiger partial charge in [0.25, 0.3) is 0 Å². The molecule has 2 rings (SSSR count). The van der Waals surface area contributed by atoms with Gasteiger partial charge >= 0.3 is 0 Å². The lowest BCUT2D eigenvalue weighted by atomic mass is 9.94. The van der Waals surface area contributed by atoms with Crippen LogP contribution in [0.3, 0.4) is 0 Å². The molecule has 0 spiro atoms. The van der Waals surface area contributed by atoms with Crippen molar-refractivity contribution in [3.8, 4) is 0 Å². The van der Waals surface area contributed by atoms with Crippen LogP contribution in [0.4, 0.5) is 0 Å². The van der Waals surface area contributed by atoms with E-state index in [9.17, 15) is 0 Å². The number of nitrogens with one attached hydrogen (secondary N) is 1. The first-order chi connectivity index (χ1) is 8.69. The molecule has 1 nitrogen and oxygen atoms in total. The Morgan fingerprint density at radius 1 is 1.17 bits per heavy atom. The number of hydrogen-bond acceptors (Lipinski definition) is 2. The fraction of sp³-hybridized carbons (Fsp3) is 0.625. The molecule has 1 fully saturated rings. The third kappa shape index (κ3) is 3.76. The molecule has 100 valence electrons. The van der Waals surface area contributed by atoms with Crippen LogP contribution in [0, 0.1) is 13.8 Å². The fourth-order valence-corrected chi connectivity index (χ4v) is 3.49. The smallest absolute Gasteiger partial charge is 0.0210 e. The van der Waals surface area contributed by atoms with E-state index in [1.54, 1.807) is 0 Å². The molecule has 1 saturated carbocycles. The van der Waals surface area contributed by atoms with Gasteiger partial charge < -0.3 is 5.32 Å². The lowest BCUT2D eigenvalue weighted by Gasteiger charge is -2.28. The summed E-state index contributed by atoms with van der Waals surface area (Å²) in [6, 6.07) is 7.48. The van der Waals surface area contributed by atoms with Crippen molar-refractivity contribution in [3.63, 3.8) is 0 Å². The van der Waals surface area contributed by atoms with Crippen LogP contribution in [0.5, 0.6) is 0 Å². The number of hydrogen-bond donors (Lipinski definition) is 1. The molecule has 0 bridgehead atoms. The van der Waals surface area contributed by atoms with Gasteiger partial charge in [-0.15, -0.1) is 0 Å². The van der Waals surface area contributed by atoms with Gasteiger partial charge in [-0.2, -0.15) is 11.8 Å². The average Bonchev–Trinajstić information content (AvgIpc) is 2.40. The van der Waals surface area contributed by atoms with Gasteiger partial charge in [-0.3, -0.25) is 0 Å². The lowest BCUT2D eigenvalue weighted by molar-refractivity contribution is 0.378. The highest BCUT2D eigenvalue weighted by Crippen LogP contribution is 2.27. The summed E-state index contributed by atoms with van der Waals surface area (Å²) >= 11 is 2.04. The first kappa shape index (κ1) is 14.0. The predicted octanol–water partition coefficient (Wildman–Crippen LogP) is 4.07. The Labute approximate surface area is 116 Å². The van der Waals surface area contributed by atoms with Gasteiger partial charge in [0.15, 0.2) is 0 Å². The average molecular weight is 263 g/mol. The maximum Gasteiger partial charge on any atom is 0.0210 e. The highest BCUT2D eigenvalue weighted by molar-refractivity contribution is 7.99. The Morgan fingerprint density at radius 2 is 1.89 bits per heavy atom. The zero-order valence-electron chi connectivity index (χ0n) is 11.8. The van der Waals surface area contributed by atoms with E-state index in [0.29, 0.717) is 0 Å². The van der Waals surface area contributed by atoms with Gasteiger partial charge in [-0.1, -0.05) is 23.8 Å². The van der Waals surface area contributed by atoms with Crippen molar-refractivity contribution in [1.82, 2.24) is 5.32 Å². The summed E-state index contributed by atoms with van der Waals surface area (Å²) in [4.78, 5) is 0. The van der Waals surface area contributed by atoms with E-state index in [1.807, 2.05) is 11.8 Å². The first-order valence-corrected chi connectivity index (χ1v) is 8.30. The van der Waals surface area contributed by atoms with E-state index in [0.717, 1.165) is 17.8 Å². The van der Waals surface area contributed by atoms with Crippen LogP contribution in [-0.2, 0) is 6.54 Å². The van der Waals surface area contributed by atoms with Crippen LogP contribution in [0.25, 0.3) is 0 Å². The van der Waals surface area contributed by atoms with Gasteiger partial charge in [0.2, 0.25) is 0 Å². The lowest BCUT2D eigenvalue weighted by Crippen LogP contribution is -2.33. The number of rotatable bonds is 4. The van der Waals surface area contributed by atoms with Gasteiger partial charge in [0.05, 0.1) is 0 Å². The number of benzene rings is 1. The second-order valence-corrected chi connectivity index (χ2v) is 6.66. The Bertz CT molecular complexity index is 381. The van der Waals surface area contributed by atoms with Gasteiger partial charge in [0.1, 0.15) is 0 Å². The quantitative estimate of drug-likeness (QED) is 0.879. The summed E-state index contributed by atoms with van der Waals surface area (Å²) in [7, 11) is 0. The van der Waals surface area contributed by atoms with Crippen molar-refractivity contribution in [1.29, 1.82) is 0 Å². The summed E-state index contributed by atoms with van der Waals surface area (Å²) in [6.07, 6.45) is 7.69. The second kappa shape index (κ2) is 6.63. The minimum Gasteiger partial charge on any atom is -0.310 e. The highest BCUT2D eigenvalue weighted by atomic mass is 32.2. The van der Waals surface area contributed by atoms with Crippen molar-refractivity contribution in [2.45, 2.75) is 57.4 Å². The normalized spacial score (nSPS) is 24.2. The molecule has 0 amide bonds. The zero-order chi connectivity index (χ0) is 13.0. The van der Waals surface area contributed by atoms with E-state index in [2.05, 4.69) is 43.6 Å². The molecule has 0 radical (unpaired) electrons. The minimum atomic E-state index is 0.730. The highest BCUT2D eigenvalue weighted by Gasteiger charge is 2.19. The van der Waals surface area contributed by atoms with Crippen LogP contribution in [0.15, 0.2) is 18.2 Å². The third-order valence-electron chi connectivity index (χ3n) is 4.09. The molecule has 1 aliphatic rings. The van der Waals surface area contributed by atoms with Crippen molar-refractivity contribution in [2.24, 2.45) is 0 Å². The maximum atomic E-state index is 3.74. The molecule has 0 unspecified atom stereocenters. The van der Waals surface area contributed by atoms with E-state index in [1.165, 1.54) is 42.4 Å². The molecule has 0 atom stereocenters. The van der Waals surface area contributed by atoms with Gasteiger partial charge in [-0.25, -0.2) is 0 Å². The predicted molar refractivity (Wildman–Crippen MR) is 82.3 cm³/mol. The Kier molecular flexibility index (Phi) is 5.13. The number of thioether (sulfide) groups is 1. The second-order valence-electron chi connectivity index (χ2n) is 5.52. The third-order valence-corrected chi connectivity index (χ3v) is 5.23. The van der Waals surface area contributed by atoms with E-state index in [4.69, 9.17) is 0 Å². The van der Waals surface area contributed by atoms with Gasteiger partial charge in [-0.05, 0) is 56.9 Å². The summed E-state index contributed by atoms with van der Waals surface area (Å²) in [5.74, 6) is 0. The monoisotopic (exact) mass is 263 g/mol. The van der Waals surface area contributed by atoms with Crippen LogP contribution >= 0.6 is 11.8 Å². The van der Waals surface area contributed by atoms with Crippen molar-refractivity contribution >= 4 is 11.8 Å². The molecule has 1 aromatic rings. The topological polar surface area (TPSA) is 12.0 Å². The summed E-state index contributed by atoms with van der Waals surface area (Å²) in [5.41, 5.74) is 4.23.